The van der Waals surface area contributed by atoms with Gasteiger partial charge in [-0.3, -0.25) is 14.7 Å². The number of hydrogen-bond donors (Lipinski definition) is 0. The zero-order valence-electron chi connectivity index (χ0n) is 19.5. The van der Waals surface area contributed by atoms with Gasteiger partial charge in [-0.15, -0.1) is 0 Å². The summed E-state index contributed by atoms with van der Waals surface area (Å²) in [5.74, 6) is 0.0298. The molecule has 9 heteroatoms. The molecule has 0 spiro atoms. The van der Waals surface area contributed by atoms with Gasteiger partial charge in [-0.25, -0.2) is 4.79 Å². The van der Waals surface area contributed by atoms with Crippen LogP contribution in [-0.2, 0) is 25.7 Å². The highest BCUT2D eigenvalue weighted by Crippen LogP contribution is 2.42. The van der Waals surface area contributed by atoms with Crippen LogP contribution in [0.25, 0.3) is 0 Å². The highest BCUT2D eigenvalue weighted by Gasteiger charge is 2.55. The summed E-state index contributed by atoms with van der Waals surface area (Å²) in [5.41, 5.74) is 1.88. The molecule has 2 atom stereocenters. The van der Waals surface area contributed by atoms with Crippen LogP contribution in [-0.4, -0.2) is 71.0 Å². The normalized spacial score (nSPS) is 22.1. The number of fused-ring (bicyclic) bond motifs is 1. The Morgan fingerprint density at radius 1 is 1.06 bits per heavy atom. The third kappa shape index (κ3) is 5.06. The number of hydrogen-bond acceptors (Lipinski definition) is 8. The molecule has 35 heavy (non-hydrogen) atoms. The van der Waals surface area contributed by atoms with Crippen LogP contribution in [0.4, 0.5) is 0 Å². The maximum absolute atomic E-state index is 13.4. The topological polar surface area (TPSA) is 80.7 Å². The Morgan fingerprint density at radius 2 is 1.74 bits per heavy atom. The first kappa shape index (κ1) is 23.4. The smallest absolute Gasteiger partial charge is 0.357 e. The van der Waals surface area contributed by atoms with Gasteiger partial charge < -0.3 is 19.1 Å². The summed E-state index contributed by atoms with van der Waals surface area (Å²) in [4.78, 5) is 34.7. The fraction of sp³-hybridized carbons (Fsp3) is 0.346. The van der Waals surface area contributed by atoms with E-state index in [2.05, 4.69) is 9.89 Å². The molecule has 2 aromatic rings. The number of aliphatic imine (C=N–C) groups is 1. The van der Waals surface area contributed by atoms with E-state index in [0.717, 1.165) is 16.4 Å². The molecule has 0 saturated carbocycles. The molecule has 0 bridgehead atoms. The zero-order valence-corrected chi connectivity index (χ0v) is 20.3. The van der Waals surface area contributed by atoms with E-state index in [0.29, 0.717) is 32.0 Å². The van der Waals surface area contributed by atoms with E-state index in [-0.39, 0.29) is 30.2 Å². The summed E-state index contributed by atoms with van der Waals surface area (Å²) < 4.78 is 17.0. The van der Waals surface area contributed by atoms with Crippen LogP contribution >= 0.6 is 11.8 Å². The Hall–Kier alpha value is -3.30. The first-order valence-corrected chi connectivity index (χ1v) is 12.5. The van der Waals surface area contributed by atoms with E-state index in [1.807, 2.05) is 67.6 Å². The molecule has 0 aromatic heterocycles. The third-order valence-electron chi connectivity index (χ3n) is 6.14. The highest BCUT2D eigenvalue weighted by atomic mass is 32.2. The van der Waals surface area contributed by atoms with E-state index >= 15 is 0 Å². The lowest BCUT2D eigenvalue weighted by atomic mass is 10.1. The molecule has 0 aliphatic carbocycles. The van der Waals surface area contributed by atoms with Gasteiger partial charge in [0.05, 0.1) is 13.2 Å². The number of benzene rings is 2. The number of likely N-dealkylation sites (tertiary alicyclic amines) is 1. The number of β-lactam (4-membered cyclic amide) rings is 1. The van der Waals surface area contributed by atoms with Crippen LogP contribution < -0.4 is 4.74 Å². The van der Waals surface area contributed by atoms with Crippen LogP contribution in [0, 0.1) is 0 Å². The van der Waals surface area contributed by atoms with Crippen LogP contribution in [0.3, 0.4) is 0 Å². The van der Waals surface area contributed by atoms with Gasteiger partial charge in [0.15, 0.2) is 6.04 Å². The Labute approximate surface area is 208 Å². The summed E-state index contributed by atoms with van der Waals surface area (Å²) >= 11 is 1.46. The number of esters is 1. The summed E-state index contributed by atoms with van der Waals surface area (Å²) in [6.45, 7) is 4.72. The monoisotopic (exact) mass is 493 g/mol. The molecular weight excluding hydrogens is 466 g/mol. The molecule has 3 aliphatic heterocycles. The first-order valence-electron chi connectivity index (χ1n) is 11.6. The van der Waals surface area contributed by atoms with Crippen molar-refractivity contribution < 1.29 is 23.8 Å². The second kappa shape index (κ2) is 10.5. The fourth-order valence-corrected chi connectivity index (χ4v) is 5.44. The number of carbonyl (C=O) groups is 2. The lowest BCUT2D eigenvalue weighted by Gasteiger charge is -2.43. The van der Waals surface area contributed by atoms with Crippen LogP contribution in [0.1, 0.15) is 12.5 Å². The van der Waals surface area contributed by atoms with Gasteiger partial charge in [0.2, 0.25) is 0 Å². The Balaban J connectivity index is 1.32. The van der Waals surface area contributed by atoms with Crippen molar-refractivity contribution in [3.05, 3.63) is 77.6 Å². The summed E-state index contributed by atoms with van der Waals surface area (Å²) in [6, 6.07) is 18.5. The second-order valence-corrected chi connectivity index (χ2v) is 9.57. The van der Waals surface area contributed by atoms with Crippen molar-refractivity contribution in [2.24, 2.45) is 4.99 Å². The largest absolute Gasteiger partial charge is 0.487 e. The first-order chi connectivity index (χ1) is 17.1. The average molecular weight is 494 g/mol. The van der Waals surface area contributed by atoms with Crippen molar-refractivity contribution in [3.8, 4) is 5.75 Å². The highest BCUT2D eigenvalue weighted by molar-refractivity contribution is 8.15. The Morgan fingerprint density at radius 3 is 2.46 bits per heavy atom. The molecule has 3 heterocycles. The van der Waals surface area contributed by atoms with E-state index in [1.54, 1.807) is 4.90 Å². The maximum Gasteiger partial charge on any atom is 0.357 e. The van der Waals surface area contributed by atoms with Crippen LogP contribution in [0.15, 0.2) is 77.1 Å². The lowest BCUT2D eigenvalue weighted by molar-refractivity contribution is -0.151. The second-order valence-electron chi connectivity index (χ2n) is 8.38. The number of ether oxygens (including phenoxy) is 3. The minimum Gasteiger partial charge on any atom is -0.487 e. The number of para-hydroxylation sites is 1. The molecule has 2 fully saturated rings. The molecule has 2 unspecified atom stereocenters. The molecule has 8 nitrogen and oxygen atoms in total. The molecule has 5 rings (SSSR count). The van der Waals surface area contributed by atoms with Gasteiger partial charge in [-0.1, -0.05) is 60.3 Å². The van der Waals surface area contributed by atoms with Crippen LogP contribution in [0.5, 0.6) is 5.75 Å². The summed E-state index contributed by atoms with van der Waals surface area (Å²) in [5, 5.41) is 0.452. The number of allylic oxidation sites excluding steroid dienone is 1. The lowest BCUT2D eigenvalue weighted by Crippen LogP contribution is -2.61. The van der Waals surface area contributed by atoms with Crippen LogP contribution in [0.2, 0.25) is 0 Å². The van der Waals surface area contributed by atoms with Gasteiger partial charge >= 0.3 is 5.97 Å². The predicted octanol–water partition coefficient (Wildman–Crippen LogP) is 3.05. The van der Waals surface area contributed by atoms with Gasteiger partial charge in [0, 0.05) is 18.8 Å². The van der Waals surface area contributed by atoms with Crippen molar-refractivity contribution in [3.63, 3.8) is 0 Å². The number of morpholine rings is 1. The van der Waals surface area contributed by atoms with Gasteiger partial charge in [0.25, 0.3) is 5.91 Å². The summed E-state index contributed by atoms with van der Waals surface area (Å²) in [7, 11) is 0. The number of rotatable bonds is 8. The SMILES string of the molecule is CC(=C(C(=O)OCc1ccccc1)N1C(=O)C2N=C(COc3ccccc3)SC21)N1CCOCC1. The number of thioether (sulfide) groups is 1. The molecule has 0 radical (unpaired) electrons. The van der Waals surface area contributed by atoms with Crippen molar-refractivity contribution >= 4 is 28.7 Å². The molecule has 2 saturated heterocycles. The van der Waals surface area contributed by atoms with Crippen molar-refractivity contribution in [1.82, 2.24) is 9.80 Å². The van der Waals surface area contributed by atoms with Gasteiger partial charge in [-0.2, -0.15) is 0 Å². The number of amides is 1. The maximum atomic E-state index is 13.4. The molecular formula is C26H27N3O5S. The van der Waals surface area contributed by atoms with E-state index in [4.69, 9.17) is 14.2 Å². The fourth-order valence-electron chi connectivity index (χ4n) is 4.24. The quantitative estimate of drug-likeness (QED) is 0.318. The number of nitrogens with zero attached hydrogens (tertiary/aromatic N) is 3. The standard InChI is InChI=1S/C26H27N3O5S/c1-18(28-12-14-32-15-13-28)23(26(31)34-16-19-8-4-2-5-9-19)29-24(30)22-25(29)35-21(27-22)17-33-20-10-6-3-7-11-20/h2-11,22,25H,12-17H2,1H3. The minimum atomic E-state index is -0.515. The van der Waals surface area contributed by atoms with Crippen molar-refractivity contribution in [1.29, 1.82) is 0 Å². The zero-order chi connectivity index (χ0) is 24.2. The van der Waals surface area contributed by atoms with Crippen molar-refractivity contribution in [2.45, 2.75) is 24.9 Å². The predicted molar refractivity (Wildman–Crippen MR) is 133 cm³/mol. The molecule has 3 aliphatic rings. The van der Waals surface area contributed by atoms with Crippen molar-refractivity contribution in [2.75, 3.05) is 32.9 Å². The van der Waals surface area contributed by atoms with E-state index in [1.165, 1.54) is 11.8 Å². The van der Waals surface area contributed by atoms with Gasteiger partial charge in [-0.05, 0) is 24.6 Å². The average Bonchev–Trinajstić information content (AvgIpc) is 3.29. The minimum absolute atomic E-state index is 0.134. The molecule has 182 valence electrons. The molecule has 2 aromatic carbocycles. The third-order valence-corrected chi connectivity index (χ3v) is 7.34. The van der Waals surface area contributed by atoms with E-state index < -0.39 is 12.0 Å². The Kier molecular flexibility index (Phi) is 7.06. The molecule has 0 N–H and O–H groups in total. The van der Waals surface area contributed by atoms with E-state index in [9.17, 15) is 9.59 Å². The molecule has 1 amide bonds. The number of carbonyl (C=O) groups excluding carboxylic acids is 2. The van der Waals surface area contributed by atoms with Gasteiger partial charge in [0.1, 0.15) is 35.1 Å². The Bertz CT molecular complexity index is 1130. The summed E-state index contributed by atoms with van der Waals surface area (Å²) in [6.07, 6.45) is 0.